The van der Waals surface area contributed by atoms with Crippen LogP contribution in [0.15, 0.2) is 18.2 Å². The van der Waals surface area contributed by atoms with Crippen LogP contribution < -0.4 is 9.47 Å². The molecular formula is C12H16O3. The fourth-order valence-corrected chi connectivity index (χ4v) is 1.81. The molecule has 3 nitrogen and oxygen atoms in total. The molecule has 1 aliphatic carbocycles. The summed E-state index contributed by atoms with van der Waals surface area (Å²) in [5.41, 5.74) is 0.833. The zero-order chi connectivity index (χ0) is 10.8. The molecule has 1 aliphatic rings. The maximum Gasteiger partial charge on any atom is 0.166 e. The van der Waals surface area contributed by atoms with Gasteiger partial charge in [0, 0.05) is 5.56 Å². The van der Waals surface area contributed by atoms with Gasteiger partial charge in [-0.05, 0) is 24.8 Å². The Morgan fingerprint density at radius 2 is 2.00 bits per heavy atom. The lowest BCUT2D eigenvalue weighted by molar-refractivity contribution is 0.149. The molecule has 1 atom stereocenters. The van der Waals surface area contributed by atoms with Gasteiger partial charge in [-0.1, -0.05) is 12.1 Å². The second-order valence-corrected chi connectivity index (χ2v) is 3.87. The van der Waals surface area contributed by atoms with Crippen LogP contribution in [0.3, 0.4) is 0 Å². The molecule has 1 aromatic rings. The van der Waals surface area contributed by atoms with Crippen LogP contribution in [-0.2, 0) is 0 Å². The SMILES string of the molecule is COc1cccc(C(O)C2CC2)c1OC. The Morgan fingerprint density at radius 1 is 1.27 bits per heavy atom. The molecule has 0 saturated heterocycles. The fourth-order valence-electron chi connectivity index (χ4n) is 1.81. The molecular weight excluding hydrogens is 192 g/mol. The first-order valence-corrected chi connectivity index (χ1v) is 5.17. The Kier molecular flexibility index (Phi) is 2.82. The molecule has 0 radical (unpaired) electrons. The van der Waals surface area contributed by atoms with Crippen LogP contribution in [0.2, 0.25) is 0 Å². The highest BCUT2D eigenvalue weighted by Gasteiger charge is 2.33. The Bertz CT molecular complexity index is 345. The Balaban J connectivity index is 2.35. The number of hydrogen-bond donors (Lipinski definition) is 1. The van der Waals surface area contributed by atoms with Crippen molar-refractivity contribution in [2.45, 2.75) is 18.9 Å². The first kappa shape index (κ1) is 10.3. The van der Waals surface area contributed by atoms with Crippen molar-refractivity contribution in [2.75, 3.05) is 14.2 Å². The molecule has 0 spiro atoms. The van der Waals surface area contributed by atoms with Crippen molar-refractivity contribution in [3.05, 3.63) is 23.8 Å². The van der Waals surface area contributed by atoms with Crippen LogP contribution in [0, 0.1) is 5.92 Å². The van der Waals surface area contributed by atoms with E-state index in [1.165, 1.54) is 0 Å². The van der Waals surface area contributed by atoms with Gasteiger partial charge in [-0.3, -0.25) is 0 Å². The second kappa shape index (κ2) is 4.11. The molecule has 15 heavy (non-hydrogen) atoms. The molecule has 0 aromatic heterocycles. The van der Waals surface area contributed by atoms with Crippen LogP contribution in [0.4, 0.5) is 0 Å². The lowest BCUT2D eigenvalue weighted by Gasteiger charge is -2.16. The Labute approximate surface area is 89.6 Å². The van der Waals surface area contributed by atoms with Gasteiger partial charge in [0.05, 0.1) is 20.3 Å². The monoisotopic (exact) mass is 208 g/mol. The van der Waals surface area contributed by atoms with E-state index in [1.807, 2.05) is 18.2 Å². The highest BCUT2D eigenvalue weighted by atomic mass is 16.5. The quantitative estimate of drug-likeness (QED) is 0.824. The zero-order valence-electron chi connectivity index (χ0n) is 9.06. The number of para-hydroxylation sites is 1. The lowest BCUT2D eigenvalue weighted by atomic mass is 10.0. The number of aliphatic hydroxyl groups is 1. The molecule has 1 fully saturated rings. The van der Waals surface area contributed by atoms with E-state index in [0.717, 1.165) is 18.4 Å². The van der Waals surface area contributed by atoms with Crippen molar-refractivity contribution in [1.82, 2.24) is 0 Å². The van der Waals surface area contributed by atoms with E-state index in [4.69, 9.17) is 9.47 Å². The summed E-state index contributed by atoms with van der Waals surface area (Å²) in [4.78, 5) is 0. The highest BCUT2D eigenvalue weighted by Crippen LogP contribution is 2.45. The molecule has 0 bridgehead atoms. The predicted molar refractivity (Wildman–Crippen MR) is 57.2 cm³/mol. The highest BCUT2D eigenvalue weighted by molar-refractivity contribution is 5.48. The average Bonchev–Trinajstić information content (AvgIpc) is 3.10. The second-order valence-electron chi connectivity index (χ2n) is 3.87. The minimum absolute atomic E-state index is 0.394. The predicted octanol–water partition coefficient (Wildman–Crippen LogP) is 2.15. The van der Waals surface area contributed by atoms with Crippen molar-refractivity contribution in [3.8, 4) is 11.5 Å². The van der Waals surface area contributed by atoms with Gasteiger partial charge in [-0.15, -0.1) is 0 Å². The van der Waals surface area contributed by atoms with E-state index >= 15 is 0 Å². The van der Waals surface area contributed by atoms with E-state index in [2.05, 4.69) is 0 Å². The molecule has 1 saturated carbocycles. The van der Waals surface area contributed by atoms with Gasteiger partial charge < -0.3 is 14.6 Å². The number of ether oxygens (including phenoxy) is 2. The van der Waals surface area contributed by atoms with Crippen LogP contribution in [0.5, 0.6) is 11.5 Å². The van der Waals surface area contributed by atoms with Crippen LogP contribution in [0.1, 0.15) is 24.5 Å². The van der Waals surface area contributed by atoms with E-state index in [-0.39, 0.29) is 0 Å². The topological polar surface area (TPSA) is 38.7 Å². The summed E-state index contributed by atoms with van der Waals surface area (Å²) in [7, 11) is 3.20. The molecule has 3 heteroatoms. The first-order chi connectivity index (χ1) is 7.27. The van der Waals surface area contributed by atoms with Crippen LogP contribution in [-0.4, -0.2) is 19.3 Å². The zero-order valence-corrected chi connectivity index (χ0v) is 9.06. The maximum atomic E-state index is 10.1. The van der Waals surface area contributed by atoms with Gasteiger partial charge in [0.25, 0.3) is 0 Å². The van der Waals surface area contributed by atoms with Crippen LogP contribution in [0.25, 0.3) is 0 Å². The standard InChI is InChI=1S/C12H16O3/c1-14-10-5-3-4-9(12(10)15-2)11(13)8-6-7-8/h3-5,8,11,13H,6-7H2,1-2H3. The molecule has 0 amide bonds. The third-order valence-corrected chi connectivity index (χ3v) is 2.82. The summed E-state index contributed by atoms with van der Waals surface area (Å²) < 4.78 is 10.5. The van der Waals surface area contributed by atoms with Gasteiger partial charge in [0.2, 0.25) is 0 Å². The maximum absolute atomic E-state index is 10.1. The summed E-state index contributed by atoms with van der Waals surface area (Å²) in [5.74, 6) is 1.72. The summed E-state index contributed by atoms with van der Waals surface area (Å²) >= 11 is 0. The van der Waals surface area contributed by atoms with Gasteiger partial charge in [-0.25, -0.2) is 0 Å². The first-order valence-electron chi connectivity index (χ1n) is 5.17. The Hall–Kier alpha value is -1.22. The number of rotatable bonds is 4. The molecule has 1 unspecified atom stereocenters. The Morgan fingerprint density at radius 3 is 2.53 bits per heavy atom. The third kappa shape index (κ3) is 1.92. The van der Waals surface area contributed by atoms with Gasteiger partial charge >= 0.3 is 0 Å². The average molecular weight is 208 g/mol. The van der Waals surface area contributed by atoms with E-state index in [0.29, 0.717) is 17.4 Å². The molecule has 1 N–H and O–H groups in total. The fraction of sp³-hybridized carbons (Fsp3) is 0.500. The van der Waals surface area contributed by atoms with Crippen molar-refractivity contribution in [3.63, 3.8) is 0 Å². The van der Waals surface area contributed by atoms with Gasteiger partial charge in [0.1, 0.15) is 0 Å². The van der Waals surface area contributed by atoms with Crippen molar-refractivity contribution in [2.24, 2.45) is 5.92 Å². The summed E-state index contributed by atoms with van der Waals surface area (Å²) in [6, 6.07) is 5.61. The van der Waals surface area contributed by atoms with Gasteiger partial charge in [-0.2, -0.15) is 0 Å². The lowest BCUT2D eigenvalue weighted by Crippen LogP contribution is -2.03. The van der Waals surface area contributed by atoms with E-state index in [9.17, 15) is 5.11 Å². The smallest absolute Gasteiger partial charge is 0.166 e. The third-order valence-electron chi connectivity index (χ3n) is 2.82. The molecule has 2 rings (SSSR count). The minimum Gasteiger partial charge on any atom is -0.493 e. The van der Waals surface area contributed by atoms with Crippen molar-refractivity contribution in [1.29, 1.82) is 0 Å². The largest absolute Gasteiger partial charge is 0.493 e. The summed E-state index contributed by atoms with van der Waals surface area (Å²) in [6.45, 7) is 0. The molecule has 1 aromatic carbocycles. The van der Waals surface area contributed by atoms with Crippen LogP contribution >= 0.6 is 0 Å². The molecule has 82 valence electrons. The minimum atomic E-state index is -0.421. The molecule has 0 heterocycles. The summed E-state index contributed by atoms with van der Waals surface area (Å²) in [6.07, 6.45) is 1.78. The normalized spacial score (nSPS) is 17.3. The van der Waals surface area contributed by atoms with E-state index in [1.54, 1.807) is 14.2 Å². The van der Waals surface area contributed by atoms with E-state index < -0.39 is 6.10 Å². The summed E-state index contributed by atoms with van der Waals surface area (Å²) in [5, 5.41) is 10.1. The number of methoxy groups -OCH3 is 2. The van der Waals surface area contributed by atoms with Crippen molar-refractivity contribution < 1.29 is 14.6 Å². The van der Waals surface area contributed by atoms with Gasteiger partial charge in [0.15, 0.2) is 11.5 Å². The van der Waals surface area contributed by atoms with Crippen molar-refractivity contribution >= 4 is 0 Å². The number of hydrogen-bond acceptors (Lipinski definition) is 3. The number of benzene rings is 1. The molecule has 0 aliphatic heterocycles. The number of aliphatic hydroxyl groups excluding tert-OH is 1.